The Hall–Kier alpha value is -2.77. The van der Waals surface area contributed by atoms with Crippen LogP contribution < -0.4 is 4.90 Å². The molecule has 0 spiro atoms. The first-order valence-corrected chi connectivity index (χ1v) is 12.1. The van der Waals surface area contributed by atoms with Gasteiger partial charge in [0.05, 0.1) is 23.7 Å². The van der Waals surface area contributed by atoms with E-state index in [1.807, 2.05) is 11.7 Å². The Labute approximate surface area is 193 Å². The molecule has 0 bridgehead atoms. The zero-order chi connectivity index (χ0) is 22.4. The van der Waals surface area contributed by atoms with Crippen molar-refractivity contribution in [3.8, 4) is 11.1 Å². The number of nitrogens with zero attached hydrogens (tertiary/aromatic N) is 6. The van der Waals surface area contributed by atoms with Crippen LogP contribution in [-0.4, -0.2) is 45.3 Å². The van der Waals surface area contributed by atoms with Crippen LogP contribution in [0.25, 0.3) is 21.3 Å². The average Bonchev–Trinajstić information content (AvgIpc) is 3.46. The fraction of sp³-hybridized carbons (Fsp3) is 0.400. The summed E-state index contributed by atoms with van der Waals surface area (Å²) in [6.07, 6.45) is 2.27. The van der Waals surface area contributed by atoms with Gasteiger partial charge < -0.3 is 9.80 Å². The lowest BCUT2D eigenvalue weighted by molar-refractivity contribution is 0.391. The molecule has 5 rings (SSSR count). The Morgan fingerprint density at radius 3 is 2.59 bits per heavy atom. The van der Waals surface area contributed by atoms with Gasteiger partial charge in [-0.05, 0) is 46.3 Å². The maximum atomic E-state index is 5.18. The molecule has 1 aliphatic heterocycles. The summed E-state index contributed by atoms with van der Waals surface area (Å²) in [5, 5.41) is 8.13. The van der Waals surface area contributed by atoms with Crippen molar-refractivity contribution >= 4 is 27.4 Å². The van der Waals surface area contributed by atoms with Crippen molar-refractivity contribution in [2.75, 3.05) is 25.5 Å². The molecule has 1 aliphatic rings. The van der Waals surface area contributed by atoms with Crippen molar-refractivity contribution in [1.82, 2.24) is 24.6 Å². The van der Waals surface area contributed by atoms with Gasteiger partial charge in [-0.15, -0.1) is 11.3 Å². The first-order valence-electron chi connectivity index (χ1n) is 11.2. The molecule has 0 amide bonds. The fourth-order valence-electron chi connectivity index (χ4n) is 4.95. The van der Waals surface area contributed by atoms with Crippen molar-refractivity contribution in [3.63, 3.8) is 0 Å². The van der Waals surface area contributed by atoms with Crippen LogP contribution in [0.15, 0.2) is 35.7 Å². The Balaban J connectivity index is 1.71. The second kappa shape index (κ2) is 8.30. The lowest BCUT2D eigenvalue weighted by Gasteiger charge is -2.28. The Bertz CT molecular complexity index is 1260. The van der Waals surface area contributed by atoms with Gasteiger partial charge in [0.25, 0.3) is 0 Å². The molecule has 3 aromatic heterocycles. The molecule has 0 saturated carbocycles. The summed E-state index contributed by atoms with van der Waals surface area (Å²) < 4.78 is 2.01. The Morgan fingerprint density at radius 1 is 1.12 bits per heavy atom. The molecule has 1 atom stereocenters. The molecular weight excluding hydrogens is 416 g/mol. The molecule has 1 fully saturated rings. The summed E-state index contributed by atoms with van der Waals surface area (Å²) >= 11 is 1.72. The van der Waals surface area contributed by atoms with Crippen LogP contribution in [0.4, 0.5) is 5.82 Å². The highest BCUT2D eigenvalue weighted by Gasteiger charge is 2.33. The number of anilines is 1. The quantitative estimate of drug-likeness (QED) is 0.426. The molecule has 4 heterocycles. The highest BCUT2D eigenvalue weighted by molar-refractivity contribution is 7.17. The van der Waals surface area contributed by atoms with Crippen molar-refractivity contribution in [1.29, 1.82) is 0 Å². The molecule has 1 unspecified atom stereocenters. The summed E-state index contributed by atoms with van der Waals surface area (Å²) in [7, 11) is 6.17. The summed E-state index contributed by atoms with van der Waals surface area (Å²) in [4.78, 5) is 15.8. The minimum absolute atomic E-state index is 0.289. The molecule has 1 aromatic carbocycles. The molecule has 32 heavy (non-hydrogen) atoms. The van der Waals surface area contributed by atoms with E-state index >= 15 is 0 Å². The van der Waals surface area contributed by atoms with E-state index in [1.165, 1.54) is 27.8 Å². The second-order valence-corrected chi connectivity index (χ2v) is 9.81. The van der Waals surface area contributed by atoms with Crippen LogP contribution in [0, 0.1) is 13.8 Å². The van der Waals surface area contributed by atoms with Crippen molar-refractivity contribution in [2.24, 2.45) is 7.05 Å². The van der Waals surface area contributed by atoms with Gasteiger partial charge in [-0.3, -0.25) is 4.68 Å². The summed E-state index contributed by atoms with van der Waals surface area (Å²) in [5.74, 6) is 1.95. The average molecular weight is 447 g/mol. The van der Waals surface area contributed by atoms with Gasteiger partial charge in [0.15, 0.2) is 0 Å². The smallest absolute Gasteiger partial charge is 0.146 e. The number of hydrogen-bond acceptors (Lipinski definition) is 6. The number of aryl methyl sites for hydroxylation is 2. The molecule has 7 heteroatoms. The predicted octanol–water partition coefficient (Wildman–Crippen LogP) is 5.11. The number of thiophene rings is 1. The normalized spacial score (nSPS) is 16.6. The first kappa shape index (κ1) is 21.1. The van der Waals surface area contributed by atoms with Crippen molar-refractivity contribution in [2.45, 2.75) is 39.3 Å². The largest absolute Gasteiger partial charge is 0.349 e. The van der Waals surface area contributed by atoms with Gasteiger partial charge >= 0.3 is 0 Å². The van der Waals surface area contributed by atoms with E-state index in [1.54, 1.807) is 11.3 Å². The van der Waals surface area contributed by atoms with E-state index < -0.39 is 0 Å². The van der Waals surface area contributed by atoms with Crippen molar-refractivity contribution in [3.05, 3.63) is 58.5 Å². The summed E-state index contributed by atoms with van der Waals surface area (Å²) in [6.45, 7) is 6.03. The van der Waals surface area contributed by atoms with Gasteiger partial charge in [0.1, 0.15) is 16.5 Å². The molecule has 0 N–H and O–H groups in total. The van der Waals surface area contributed by atoms with E-state index in [-0.39, 0.29) is 6.04 Å². The van der Waals surface area contributed by atoms with Crippen molar-refractivity contribution < 1.29 is 0 Å². The Kier molecular flexibility index (Phi) is 5.47. The van der Waals surface area contributed by atoms with Crippen LogP contribution in [0.3, 0.4) is 0 Å². The maximum absolute atomic E-state index is 5.18. The van der Waals surface area contributed by atoms with Crippen LogP contribution in [0.2, 0.25) is 0 Å². The van der Waals surface area contributed by atoms with Crippen LogP contribution in [-0.2, 0) is 13.6 Å². The van der Waals surface area contributed by atoms with Gasteiger partial charge in [0.2, 0.25) is 0 Å². The number of rotatable bonds is 5. The van der Waals surface area contributed by atoms with E-state index in [4.69, 9.17) is 15.1 Å². The highest BCUT2D eigenvalue weighted by Crippen LogP contribution is 2.44. The topological polar surface area (TPSA) is 50.1 Å². The van der Waals surface area contributed by atoms with Gasteiger partial charge in [-0.25, -0.2) is 9.97 Å². The number of aromatic nitrogens is 4. The van der Waals surface area contributed by atoms with Gasteiger partial charge in [-0.2, -0.15) is 5.10 Å². The SMILES string of the molecule is Cc1nn(C)c(C)c1C1CCCN1c1nc(CN(C)C)nc2scc(-c3ccccc3)c12. The summed E-state index contributed by atoms with van der Waals surface area (Å²) in [6, 6.07) is 10.9. The molecule has 6 nitrogen and oxygen atoms in total. The second-order valence-electron chi connectivity index (χ2n) is 8.96. The maximum Gasteiger partial charge on any atom is 0.146 e. The predicted molar refractivity (Wildman–Crippen MR) is 132 cm³/mol. The van der Waals surface area contributed by atoms with E-state index in [0.717, 1.165) is 48.1 Å². The molecule has 166 valence electrons. The van der Waals surface area contributed by atoms with Gasteiger partial charge in [-0.1, -0.05) is 30.3 Å². The van der Waals surface area contributed by atoms with Crippen LogP contribution in [0.5, 0.6) is 0 Å². The third-order valence-electron chi connectivity index (χ3n) is 6.43. The minimum Gasteiger partial charge on any atom is -0.349 e. The van der Waals surface area contributed by atoms with E-state index in [0.29, 0.717) is 0 Å². The van der Waals surface area contributed by atoms with E-state index in [2.05, 4.69) is 73.5 Å². The molecule has 0 aliphatic carbocycles. The lowest BCUT2D eigenvalue weighted by atomic mass is 10.0. The summed E-state index contributed by atoms with van der Waals surface area (Å²) in [5.41, 5.74) is 6.15. The minimum atomic E-state index is 0.289. The molecule has 4 aromatic rings. The molecule has 1 saturated heterocycles. The fourth-order valence-corrected chi connectivity index (χ4v) is 5.91. The number of hydrogen-bond donors (Lipinski definition) is 0. The van der Waals surface area contributed by atoms with Gasteiger partial charge in [0, 0.05) is 35.8 Å². The standard InChI is InChI=1S/C25H30N6S/c1-16-22(17(2)30(5)28-16)20-12-9-13-31(20)24-23-19(18-10-7-6-8-11-18)15-32-25(23)27-21(26-24)14-29(3)4/h6-8,10-11,15,20H,9,12-14H2,1-5H3. The Morgan fingerprint density at radius 2 is 1.91 bits per heavy atom. The van der Waals surface area contributed by atoms with Crippen LogP contribution in [0.1, 0.15) is 41.7 Å². The zero-order valence-electron chi connectivity index (χ0n) is 19.5. The molecular formula is C25H30N6S. The third-order valence-corrected chi connectivity index (χ3v) is 7.30. The lowest BCUT2D eigenvalue weighted by Crippen LogP contribution is -2.26. The third kappa shape index (κ3) is 3.59. The highest BCUT2D eigenvalue weighted by atomic mass is 32.1. The zero-order valence-corrected chi connectivity index (χ0v) is 20.3. The van der Waals surface area contributed by atoms with Crippen LogP contribution >= 0.6 is 11.3 Å². The monoisotopic (exact) mass is 446 g/mol. The number of benzene rings is 1. The van der Waals surface area contributed by atoms with E-state index in [9.17, 15) is 0 Å². The first-order chi connectivity index (χ1) is 15.4. The molecule has 0 radical (unpaired) electrons. The number of fused-ring (bicyclic) bond motifs is 1.